The summed E-state index contributed by atoms with van der Waals surface area (Å²) in [6, 6.07) is 7.84. The van der Waals surface area contributed by atoms with Gasteiger partial charge in [0.15, 0.2) is 5.78 Å². The van der Waals surface area contributed by atoms with E-state index in [0.717, 1.165) is 18.4 Å². The summed E-state index contributed by atoms with van der Waals surface area (Å²) in [5.41, 5.74) is 2.43. The molecule has 27 heavy (non-hydrogen) atoms. The van der Waals surface area contributed by atoms with Crippen LogP contribution < -0.4 is 4.74 Å². The summed E-state index contributed by atoms with van der Waals surface area (Å²) in [7, 11) is 0. The van der Waals surface area contributed by atoms with E-state index in [2.05, 4.69) is 13.8 Å². The van der Waals surface area contributed by atoms with Crippen molar-refractivity contribution in [2.45, 2.75) is 45.6 Å². The van der Waals surface area contributed by atoms with Crippen LogP contribution in [0.4, 0.5) is 0 Å². The zero-order valence-corrected chi connectivity index (χ0v) is 15.5. The molecular formula is C22H24O5. The van der Waals surface area contributed by atoms with E-state index in [9.17, 15) is 20.1 Å². The zero-order valence-electron chi connectivity index (χ0n) is 15.5. The number of aromatic hydroxyl groups is 3. The fraction of sp³-hybridized carbons (Fsp3) is 0.318. The molecule has 0 bridgehead atoms. The van der Waals surface area contributed by atoms with Crippen LogP contribution in [-0.4, -0.2) is 21.1 Å². The van der Waals surface area contributed by atoms with Gasteiger partial charge in [-0.05, 0) is 37.0 Å². The number of ketones is 1. The van der Waals surface area contributed by atoms with E-state index in [0.29, 0.717) is 12.0 Å². The molecule has 3 N–H and O–H groups in total. The topological polar surface area (TPSA) is 87.0 Å². The predicted octanol–water partition coefficient (Wildman–Crippen LogP) is 4.80. The van der Waals surface area contributed by atoms with Crippen LogP contribution in [0, 0.1) is 0 Å². The molecule has 2 aromatic rings. The molecular weight excluding hydrogens is 344 g/mol. The van der Waals surface area contributed by atoms with Crippen LogP contribution in [0.5, 0.6) is 23.0 Å². The summed E-state index contributed by atoms with van der Waals surface area (Å²) >= 11 is 0. The normalized spacial score (nSPS) is 15.8. The predicted molar refractivity (Wildman–Crippen MR) is 103 cm³/mol. The summed E-state index contributed by atoms with van der Waals surface area (Å²) in [5.74, 6) is -0.218. The third kappa shape index (κ3) is 3.77. The van der Waals surface area contributed by atoms with Crippen LogP contribution in [0.1, 0.15) is 60.7 Å². The van der Waals surface area contributed by atoms with Gasteiger partial charge in [0.2, 0.25) is 0 Å². The van der Waals surface area contributed by atoms with Gasteiger partial charge in [0.1, 0.15) is 34.7 Å². The van der Waals surface area contributed by atoms with Gasteiger partial charge in [0, 0.05) is 11.6 Å². The Bertz CT molecular complexity index is 875. The van der Waals surface area contributed by atoms with Gasteiger partial charge in [0.25, 0.3) is 0 Å². The Labute approximate surface area is 158 Å². The Hall–Kier alpha value is -2.95. The number of phenols is 3. The average Bonchev–Trinajstić information content (AvgIpc) is 2.64. The fourth-order valence-electron chi connectivity index (χ4n) is 3.36. The molecule has 3 rings (SSSR count). The Morgan fingerprint density at radius 3 is 2.44 bits per heavy atom. The molecule has 0 fully saturated rings. The number of phenolic OH excluding ortho intramolecular Hbond substituents is 3. The molecule has 0 aromatic heterocycles. The molecule has 5 nitrogen and oxygen atoms in total. The first kappa shape index (κ1) is 18.8. The molecule has 0 spiro atoms. The SMILES string of the molecule is CCC(=CCc1c(O)cc2c(c1O)C(=O)CC(c1ccc(O)cc1)O2)CC. The molecule has 0 saturated heterocycles. The number of carbonyl (C=O) groups is 1. The van der Waals surface area contributed by atoms with Crippen LogP contribution in [-0.2, 0) is 6.42 Å². The molecule has 1 aliphatic heterocycles. The maximum absolute atomic E-state index is 12.7. The molecule has 1 heterocycles. The highest BCUT2D eigenvalue weighted by Gasteiger charge is 2.32. The minimum atomic E-state index is -0.526. The largest absolute Gasteiger partial charge is 0.508 e. The molecule has 0 radical (unpaired) electrons. The summed E-state index contributed by atoms with van der Waals surface area (Å²) in [6.45, 7) is 4.12. The Balaban J connectivity index is 1.94. The van der Waals surface area contributed by atoms with Crippen molar-refractivity contribution in [1.29, 1.82) is 0 Å². The van der Waals surface area contributed by atoms with Crippen molar-refractivity contribution in [3.05, 3.63) is 58.7 Å². The summed E-state index contributed by atoms with van der Waals surface area (Å²) < 4.78 is 5.87. The molecule has 1 atom stereocenters. The minimum Gasteiger partial charge on any atom is -0.508 e. The lowest BCUT2D eigenvalue weighted by atomic mass is 9.92. The second-order valence-corrected chi connectivity index (χ2v) is 6.69. The Kier molecular flexibility index (Phi) is 5.40. The van der Waals surface area contributed by atoms with Gasteiger partial charge in [-0.2, -0.15) is 0 Å². The van der Waals surface area contributed by atoms with Gasteiger partial charge in [-0.15, -0.1) is 0 Å². The van der Waals surface area contributed by atoms with Crippen LogP contribution >= 0.6 is 0 Å². The molecule has 1 aliphatic rings. The Morgan fingerprint density at radius 1 is 1.15 bits per heavy atom. The first-order chi connectivity index (χ1) is 12.9. The van der Waals surface area contributed by atoms with E-state index in [1.807, 2.05) is 6.08 Å². The van der Waals surface area contributed by atoms with Crippen molar-refractivity contribution in [3.63, 3.8) is 0 Å². The first-order valence-corrected chi connectivity index (χ1v) is 9.19. The van der Waals surface area contributed by atoms with E-state index in [1.54, 1.807) is 12.1 Å². The molecule has 5 heteroatoms. The van der Waals surface area contributed by atoms with Gasteiger partial charge in [-0.25, -0.2) is 0 Å². The Morgan fingerprint density at radius 2 is 1.81 bits per heavy atom. The van der Waals surface area contributed by atoms with E-state index in [1.165, 1.54) is 23.8 Å². The standard InChI is InChI=1S/C22H24O5/c1-3-13(4-2)5-10-16-17(24)11-20-21(22(16)26)18(25)12-19(27-20)14-6-8-15(23)9-7-14/h5-9,11,19,23-24,26H,3-4,10,12H2,1-2H3. The molecule has 1 unspecified atom stereocenters. The van der Waals surface area contributed by atoms with Crippen molar-refractivity contribution in [3.8, 4) is 23.0 Å². The summed E-state index contributed by atoms with van der Waals surface area (Å²) in [5, 5.41) is 30.4. The van der Waals surface area contributed by atoms with Crippen molar-refractivity contribution in [2.75, 3.05) is 0 Å². The fourth-order valence-corrected chi connectivity index (χ4v) is 3.36. The van der Waals surface area contributed by atoms with E-state index < -0.39 is 6.10 Å². The highest BCUT2D eigenvalue weighted by atomic mass is 16.5. The smallest absolute Gasteiger partial charge is 0.174 e. The van der Waals surface area contributed by atoms with Crippen LogP contribution in [0.15, 0.2) is 42.0 Å². The van der Waals surface area contributed by atoms with Crippen LogP contribution in [0.25, 0.3) is 0 Å². The highest BCUT2D eigenvalue weighted by molar-refractivity contribution is 6.03. The number of ether oxygens (including phenoxy) is 1. The number of Topliss-reactive ketones (excluding diaryl/α,β-unsaturated/α-hetero) is 1. The second-order valence-electron chi connectivity index (χ2n) is 6.69. The lowest BCUT2D eigenvalue weighted by Gasteiger charge is -2.27. The molecule has 2 aromatic carbocycles. The second kappa shape index (κ2) is 7.74. The van der Waals surface area contributed by atoms with Gasteiger partial charge in [0.05, 0.1) is 6.42 Å². The van der Waals surface area contributed by atoms with Crippen molar-refractivity contribution in [2.24, 2.45) is 0 Å². The van der Waals surface area contributed by atoms with Gasteiger partial charge in [-0.3, -0.25) is 4.79 Å². The average molecular weight is 368 g/mol. The van der Waals surface area contributed by atoms with E-state index >= 15 is 0 Å². The third-order valence-corrected chi connectivity index (χ3v) is 5.03. The van der Waals surface area contributed by atoms with Gasteiger partial charge in [-0.1, -0.05) is 37.6 Å². The number of carbonyl (C=O) groups excluding carboxylic acids is 1. The number of rotatable bonds is 5. The molecule has 0 saturated carbocycles. The lowest BCUT2D eigenvalue weighted by Crippen LogP contribution is -2.20. The van der Waals surface area contributed by atoms with Crippen molar-refractivity contribution >= 4 is 5.78 Å². The van der Waals surface area contributed by atoms with Gasteiger partial charge < -0.3 is 20.1 Å². The lowest BCUT2D eigenvalue weighted by molar-refractivity contribution is 0.0844. The molecule has 142 valence electrons. The van der Waals surface area contributed by atoms with E-state index in [4.69, 9.17) is 4.74 Å². The molecule has 0 amide bonds. The molecule has 0 aliphatic carbocycles. The maximum Gasteiger partial charge on any atom is 0.174 e. The quantitative estimate of drug-likeness (QED) is 0.660. The number of benzene rings is 2. The van der Waals surface area contributed by atoms with Gasteiger partial charge >= 0.3 is 0 Å². The number of allylic oxidation sites excluding steroid dienone is 2. The van der Waals surface area contributed by atoms with Crippen molar-refractivity contribution in [1.82, 2.24) is 0 Å². The zero-order chi connectivity index (χ0) is 19.6. The first-order valence-electron chi connectivity index (χ1n) is 9.19. The maximum atomic E-state index is 12.7. The van der Waals surface area contributed by atoms with Crippen molar-refractivity contribution < 1.29 is 24.9 Å². The summed E-state index contributed by atoms with van der Waals surface area (Å²) in [6.07, 6.45) is 3.70. The summed E-state index contributed by atoms with van der Waals surface area (Å²) in [4.78, 5) is 12.7. The van der Waals surface area contributed by atoms with Crippen LogP contribution in [0.3, 0.4) is 0 Å². The number of hydrogen-bond donors (Lipinski definition) is 3. The van der Waals surface area contributed by atoms with E-state index in [-0.39, 0.29) is 40.8 Å². The number of hydrogen-bond acceptors (Lipinski definition) is 5. The third-order valence-electron chi connectivity index (χ3n) is 5.03. The minimum absolute atomic E-state index is 0.0839. The monoisotopic (exact) mass is 368 g/mol. The van der Waals surface area contributed by atoms with Crippen LogP contribution in [0.2, 0.25) is 0 Å². The number of fused-ring (bicyclic) bond motifs is 1. The highest BCUT2D eigenvalue weighted by Crippen LogP contribution is 2.44.